The molecule has 0 aliphatic carbocycles. The summed E-state index contributed by atoms with van der Waals surface area (Å²) in [5.41, 5.74) is 2.20. The molecule has 1 aromatic carbocycles. The Morgan fingerprint density at radius 1 is 1.06 bits per heavy atom. The number of rotatable bonds is 8. The third kappa shape index (κ3) is 4.97. The highest BCUT2D eigenvalue weighted by molar-refractivity contribution is 5.72. The Morgan fingerprint density at radius 3 is 2.53 bits per heavy atom. The molecule has 2 aliphatic heterocycles. The molecule has 0 radical (unpaired) electrons. The lowest BCUT2D eigenvalue weighted by Gasteiger charge is -2.33. The second kappa shape index (κ2) is 10.7. The van der Waals surface area contributed by atoms with Crippen molar-refractivity contribution in [3.8, 4) is 11.3 Å². The van der Waals surface area contributed by atoms with Gasteiger partial charge in [-0.3, -0.25) is 0 Å². The summed E-state index contributed by atoms with van der Waals surface area (Å²) in [7, 11) is 1.85. The third-order valence-electron chi connectivity index (χ3n) is 7.34. The van der Waals surface area contributed by atoms with Crippen molar-refractivity contribution in [2.24, 2.45) is 0 Å². The lowest BCUT2D eigenvalue weighted by Crippen LogP contribution is -2.35. The number of aromatic nitrogens is 4. The van der Waals surface area contributed by atoms with Gasteiger partial charge in [0.2, 0.25) is 0 Å². The molecule has 36 heavy (non-hydrogen) atoms. The number of anilines is 2. The van der Waals surface area contributed by atoms with Crippen molar-refractivity contribution in [2.45, 2.75) is 38.1 Å². The summed E-state index contributed by atoms with van der Waals surface area (Å²) in [5, 5.41) is 3.11. The van der Waals surface area contributed by atoms with Crippen LogP contribution in [0.2, 0.25) is 0 Å². The number of benzene rings is 1. The van der Waals surface area contributed by atoms with Gasteiger partial charge < -0.3 is 19.7 Å². The van der Waals surface area contributed by atoms with Crippen molar-refractivity contribution < 1.29 is 8.78 Å². The van der Waals surface area contributed by atoms with Crippen molar-refractivity contribution in [3.63, 3.8) is 0 Å². The second-order valence-corrected chi connectivity index (χ2v) is 9.53. The minimum absolute atomic E-state index is 0.275. The topological polar surface area (TPSA) is 62.1 Å². The van der Waals surface area contributed by atoms with E-state index in [1.165, 1.54) is 25.0 Å². The van der Waals surface area contributed by atoms with Gasteiger partial charge in [-0.2, -0.15) is 0 Å². The van der Waals surface area contributed by atoms with E-state index in [9.17, 15) is 8.78 Å². The molecule has 9 heteroatoms. The predicted molar refractivity (Wildman–Crippen MR) is 139 cm³/mol. The second-order valence-electron chi connectivity index (χ2n) is 9.53. The van der Waals surface area contributed by atoms with E-state index in [0.29, 0.717) is 11.3 Å². The van der Waals surface area contributed by atoms with Crippen molar-refractivity contribution in [3.05, 3.63) is 60.3 Å². The van der Waals surface area contributed by atoms with Crippen LogP contribution in [0, 0.1) is 11.6 Å². The van der Waals surface area contributed by atoms with Crippen LogP contribution in [0.15, 0.2) is 37.3 Å². The van der Waals surface area contributed by atoms with E-state index in [2.05, 4.69) is 36.2 Å². The van der Waals surface area contributed by atoms with Gasteiger partial charge in [0.1, 0.15) is 23.8 Å². The predicted octanol–water partition coefficient (Wildman–Crippen LogP) is 4.78. The van der Waals surface area contributed by atoms with Gasteiger partial charge >= 0.3 is 0 Å². The van der Waals surface area contributed by atoms with Crippen LogP contribution >= 0.6 is 0 Å². The fourth-order valence-corrected chi connectivity index (χ4v) is 5.36. The largest absolute Gasteiger partial charge is 0.372 e. The highest BCUT2D eigenvalue weighted by Gasteiger charge is 2.27. The number of hydrogen-bond acceptors (Lipinski definition) is 6. The maximum atomic E-state index is 14.0. The minimum Gasteiger partial charge on any atom is -0.372 e. The molecular weight excluding hydrogens is 460 g/mol. The quantitative estimate of drug-likeness (QED) is 0.487. The maximum absolute atomic E-state index is 14.0. The number of nitrogens with one attached hydrogen (secondary N) is 1. The number of hydrogen-bond donors (Lipinski definition) is 1. The summed E-state index contributed by atoms with van der Waals surface area (Å²) in [6, 6.07) is 4.01. The van der Waals surface area contributed by atoms with Crippen LogP contribution in [-0.4, -0.2) is 64.2 Å². The monoisotopic (exact) mass is 493 g/mol. The Kier molecular flexibility index (Phi) is 7.27. The summed E-state index contributed by atoms with van der Waals surface area (Å²) < 4.78 is 29.7. The molecule has 2 aliphatic rings. The first-order valence-electron chi connectivity index (χ1n) is 12.7. The molecule has 0 saturated carbocycles. The van der Waals surface area contributed by atoms with Crippen molar-refractivity contribution >= 4 is 17.7 Å². The smallest absolute Gasteiger partial charge is 0.159 e. The summed E-state index contributed by atoms with van der Waals surface area (Å²) in [4.78, 5) is 18.6. The van der Waals surface area contributed by atoms with Gasteiger partial charge in [0.05, 0.1) is 11.3 Å². The van der Waals surface area contributed by atoms with E-state index in [0.717, 1.165) is 75.1 Å². The highest BCUT2D eigenvalue weighted by atomic mass is 19.2. The molecule has 3 aromatic rings. The molecule has 4 heterocycles. The van der Waals surface area contributed by atoms with Crippen molar-refractivity contribution in [1.82, 2.24) is 24.4 Å². The van der Waals surface area contributed by atoms with E-state index in [1.54, 1.807) is 18.5 Å². The Balaban J connectivity index is 1.37. The first-order chi connectivity index (χ1) is 17.6. The Hall–Kier alpha value is -3.33. The van der Waals surface area contributed by atoms with Crippen LogP contribution < -0.4 is 10.2 Å². The van der Waals surface area contributed by atoms with Gasteiger partial charge in [-0.05, 0) is 57.0 Å². The SMILES string of the molecule is C=Cc1c(NC)ncnc1N1CCC(c2nc(-c3ccc(F)c(F)c3)cn2CCN2CCCC2)CC1. The van der Waals surface area contributed by atoms with Gasteiger partial charge in [0.25, 0.3) is 0 Å². The molecule has 190 valence electrons. The molecular formula is C27H33F2N7. The van der Waals surface area contributed by atoms with E-state index < -0.39 is 11.6 Å². The Labute approximate surface area is 210 Å². The van der Waals surface area contributed by atoms with Crippen LogP contribution in [-0.2, 0) is 6.54 Å². The van der Waals surface area contributed by atoms with Gasteiger partial charge in [-0.1, -0.05) is 12.7 Å². The maximum Gasteiger partial charge on any atom is 0.159 e. The van der Waals surface area contributed by atoms with Gasteiger partial charge in [0.15, 0.2) is 11.6 Å². The van der Waals surface area contributed by atoms with Crippen molar-refractivity contribution in [2.75, 3.05) is 50.0 Å². The number of piperidine rings is 1. The highest BCUT2D eigenvalue weighted by Crippen LogP contribution is 2.34. The third-order valence-corrected chi connectivity index (χ3v) is 7.34. The molecule has 0 atom stereocenters. The zero-order chi connectivity index (χ0) is 25.1. The van der Waals surface area contributed by atoms with Crippen LogP contribution in [0.3, 0.4) is 0 Å². The molecule has 0 amide bonds. The first kappa shape index (κ1) is 24.4. The molecule has 1 N–H and O–H groups in total. The molecule has 0 spiro atoms. The fourth-order valence-electron chi connectivity index (χ4n) is 5.36. The molecule has 2 saturated heterocycles. The number of likely N-dealkylation sites (tertiary alicyclic amines) is 1. The Morgan fingerprint density at radius 2 is 1.83 bits per heavy atom. The van der Waals surface area contributed by atoms with E-state index in [4.69, 9.17) is 4.98 Å². The number of halogens is 2. The van der Waals surface area contributed by atoms with E-state index >= 15 is 0 Å². The summed E-state index contributed by atoms with van der Waals surface area (Å²) in [6.45, 7) is 9.71. The Bertz CT molecular complexity index is 1210. The number of nitrogens with zero attached hydrogens (tertiary/aromatic N) is 6. The van der Waals surface area contributed by atoms with Gasteiger partial charge in [-0.15, -0.1) is 0 Å². The zero-order valence-electron chi connectivity index (χ0n) is 20.8. The first-order valence-corrected chi connectivity index (χ1v) is 12.7. The molecule has 0 bridgehead atoms. The average molecular weight is 494 g/mol. The fraction of sp³-hybridized carbons (Fsp3) is 0.444. The summed E-state index contributed by atoms with van der Waals surface area (Å²) in [5.74, 6) is 1.27. The van der Waals surface area contributed by atoms with Crippen molar-refractivity contribution in [1.29, 1.82) is 0 Å². The lowest BCUT2D eigenvalue weighted by molar-refractivity contribution is 0.317. The lowest BCUT2D eigenvalue weighted by atomic mass is 9.95. The summed E-state index contributed by atoms with van der Waals surface area (Å²) in [6.07, 6.45) is 9.73. The number of imidazole rings is 1. The molecule has 7 nitrogen and oxygen atoms in total. The zero-order valence-corrected chi connectivity index (χ0v) is 20.8. The van der Waals surface area contributed by atoms with Crippen LogP contribution in [0.1, 0.15) is 43.0 Å². The normalized spacial score (nSPS) is 17.0. The van der Waals surface area contributed by atoms with E-state index in [-0.39, 0.29) is 5.92 Å². The summed E-state index contributed by atoms with van der Waals surface area (Å²) >= 11 is 0. The molecule has 0 unspecified atom stereocenters. The van der Waals surface area contributed by atoms with Crippen LogP contribution in [0.25, 0.3) is 17.3 Å². The molecule has 5 rings (SSSR count). The van der Waals surface area contributed by atoms with Gasteiger partial charge in [0, 0.05) is 50.9 Å². The molecule has 2 aromatic heterocycles. The average Bonchev–Trinajstić information content (AvgIpc) is 3.59. The van der Waals surface area contributed by atoms with E-state index in [1.807, 2.05) is 13.2 Å². The van der Waals surface area contributed by atoms with Crippen LogP contribution in [0.4, 0.5) is 20.4 Å². The minimum atomic E-state index is -0.849. The standard InChI is InChI=1S/C27H33F2N7/c1-3-21-25(30-2)31-18-32-27(21)35-12-8-19(9-13-35)26-33-24(20-6-7-22(28)23(29)16-20)17-36(26)15-14-34-10-4-5-11-34/h3,6-7,16-19H,1,4-5,8-15H2,2H3,(H,30,31,32). The van der Waals surface area contributed by atoms with Gasteiger partial charge in [-0.25, -0.2) is 23.7 Å². The molecule has 2 fully saturated rings. The van der Waals surface area contributed by atoms with Crippen LogP contribution in [0.5, 0.6) is 0 Å².